The maximum atomic E-state index is 4.36. The smallest absolute Gasteiger partial charge is 0.108 e. The fraction of sp³-hybridized carbons (Fsp3) is 0.769. The average molecular weight is 223 g/mol. The van der Waals surface area contributed by atoms with E-state index in [0.717, 1.165) is 19.5 Å². The Bertz CT molecular complexity index is 302. The molecular weight excluding hydrogens is 198 g/mol. The van der Waals surface area contributed by atoms with Gasteiger partial charge in [-0.3, -0.25) is 0 Å². The van der Waals surface area contributed by atoms with Gasteiger partial charge in [0.05, 0.1) is 0 Å². The number of hydrogen-bond donors (Lipinski definition) is 1. The van der Waals surface area contributed by atoms with Crippen molar-refractivity contribution in [2.24, 2.45) is 12.5 Å². The molecule has 16 heavy (non-hydrogen) atoms. The van der Waals surface area contributed by atoms with Crippen LogP contribution in [0.4, 0.5) is 0 Å². The predicted octanol–water partition coefficient (Wildman–Crippen LogP) is 2.38. The van der Waals surface area contributed by atoms with Crippen LogP contribution in [0.15, 0.2) is 12.4 Å². The van der Waals surface area contributed by atoms with Crippen molar-refractivity contribution in [2.45, 2.75) is 40.0 Å². The van der Waals surface area contributed by atoms with Crippen molar-refractivity contribution in [1.82, 2.24) is 14.9 Å². The summed E-state index contributed by atoms with van der Waals surface area (Å²) in [5, 5.41) is 3.49. The highest BCUT2D eigenvalue weighted by Crippen LogP contribution is 2.21. The summed E-state index contributed by atoms with van der Waals surface area (Å²) in [7, 11) is 2.06. The molecule has 0 bridgehead atoms. The summed E-state index contributed by atoms with van der Waals surface area (Å²) < 4.78 is 2.11. The van der Waals surface area contributed by atoms with Crippen molar-refractivity contribution in [3.63, 3.8) is 0 Å². The van der Waals surface area contributed by atoms with E-state index in [1.807, 2.05) is 12.4 Å². The molecule has 0 spiro atoms. The lowest BCUT2D eigenvalue weighted by Crippen LogP contribution is -2.30. The first-order chi connectivity index (χ1) is 7.55. The molecule has 0 amide bonds. The number of nitrogens with one attached hydrogen (secondary N) is 1. The molecule has 1 heterocycles. The zero-order valence-corrected chi connectivity index (χ0v) is 11.1. The van der Waals surface area contributed by atoms with Gasteiger partial charge >= 0.3 is 0 Å². The minimum Gasteiger partial charge on any atom is -0.338 e. The Kier molecular flexibility index (Phi) is 5.00. The van der Waals surface area contributed by atoms with Crippen LogP contribution in [-0.2, 0) is 13.5 Å². The van der Waals surface area contributed by atoms with Crippen LogP contribution in [0, 0.1) is 5.41 Å². The monoisotopic (exact) mass is 223 g/mol. The molecule has 0 saturated carbocycles. The summed E-state index contributed by atoms with van der Waals surface area (Å²) in [4.78, 5) is 4.36. The summed E-state index contributed by atoms with van der Waals surface area (Å²) in [5.74, 6) is 1.18. The third-order valence-corrected chi connectivity index (χ3v) is 2.98. The van der Waals surface area contributed by atoms with Gasteiger partial charge in [-0.2, -0.15) is 0 Å². The fourth-order valence-corrected chi connectivity index (χ4v) is 1.78. The Morgan fingerprint density at radius 1 is 1.44 bits per heavy atom. The molecule has 92 valence electrons. The van der Waals surface area contributed by atoms with Crippen LogP contribution in [-0.4, -0.2) is 22.6 Å². The molecule has 1 N–H and O–H groups in total. The predicted molar refractivity (Wildman–Crippen MR) is 68.5 cm³/mol. The highest BCUT2D eigenvalue weighted by atomic mass is 15.0. The van der Waals surface area contributed by atoms with E-state index >= 15 is 0 Å². The van der Waals surface area contributed by atoms with Crippen LogP contribution in [0.3, 0.4) is 0 Å². The van der Waals surface area contributed by atoms with Crippen LogP contribution >= 0.6 is 0 Å². The van der Waals surface area contributed by atoms with Gasteiger partial charge in [-0.25, -0.2) is 4.98 Å². The molecule has 0 atom stereocenters. The van der Waals surface area contributed by atoms with E-state index in [2.05, 4.69) is 42.7 Å². The highest BCUT2D eigenvalue weighted by Gasteiger charge is 2.17. The summed E-state index contributed by atoms with van der Waals surface area (Å²) in [6.07, 6.45) is 7.32. The Balaban J connectivity index is 2.33. The van der Waals surface area contributed by atoms with Crippen molar-refractivity contribution < 1.29 is 0 Å². The zero-order valence-electron chi connectivity index (χ0n) is 11.1. The van der Waals surface area contributed by atoms with Crippen LogP contribution in [0.25, 0.3) is 0 Å². The minimum atomic E-state index is 0.348. The Morgan fingerprint density at radius 2 is 2.19 bits per heavy atom. The van der Waals surface area contributed by atoms with E-state index < -0.39 is 0 Å². The Morgan fingerprint density at radius 3 is 2.75 bits per heavy atom. The minimum absolute atomic E-state index is 0.348. The van der Waals surface area contributed by atoms with Gasteiger partial charge in [0, 0.05) is 32.4 Å². The average Bonchev–Trinajstić information content (AvgIpc) is 2.62. The third-order valence-electron chi connectivity index (χ3n) is 2.98. The largest absolute Gasteiger partial charge is 0.338 e. The molecule has 3 nitrogen and oxygen atoms in total. The van der Waals surface area contributed by atoms with Gasteiger partial charge in [0.2, 0.25) is 0 Å². The second-order valence-corrected chi connectivity index (χ2v) is 5.30. The van der Waals surface area contributed by atoms with Crippen molar-refractivity contribution in [3.8, 4) is 0 Å². The summed E-state index contributed by atoms with van der Waals surface area (Å²) >= 11 is 0. The second-order valence-electron chi connectivity index (χ2n) is 5.30. The van der Waals surface area contributed by atoms with Crippen molar-refractivity contribution >= 4 is 0 Å². The third kappa shape index (κ3) is 4.35. The molecule has 0 aromatic carbocycles. The quantitative estimate of drug-likeness (QED) is 0.719. The van der Waals surface area contributed by atoms with Crippen molar-refractivity contribution in [1.29, 1.82) is 0 Å². The fourth-order valence-electron chi connectivity index (χ4n) is 1.78. The first-order valence-electron chi connectivity index (χ1n) is 6.22. The van der Waals surface area contributed by atoms with E-state index in [1.165, 1.54) is 18.7 Å². The van der Waals surface area contributed by atoms with Gasteiger partial charge < -0.3 is 9.88 Å². The van der Waals surface area contributed by atoms with E-state index in [0.29, 0.717) is 5.41 Å². The van der Waals surface area contributed by atoms with E-state index in [9.17, 15) is 0 Å². The molecule has 1 rings (SSSR count). The van der Waals surface area contributed by atoms with E-state index in [-0.39, 0.29) is 0 Å². The number of imidazole rings is 1. The normalized spacial score (nSPS) is 12.0. The van der Waals surface area contributed by atoms with E-state index in [4.69, 9.17) is 0 Å². The SMILES string of the molecule is CCCNCC(C)(C)CCc1nccn1C. The lowest BCUT2D eigenvalue weighted by molar-refractivity contribution is 0.312. The Labute approximate surface area is 99.3 Å². The van der Waals surface area contributed by atoms with Crippen LogP contribution in [0.2, 0.25) is 0 Å². The lowest BCUT2D eigenvalue weighted by atomic mass is 9.87. The molecule has 0 aliphatic heterocycles. The summed E-state index contributed by atoms with van der Waals surface area (Å²) in [6.45, 7) is 9.04. The second kappa shape index (κ2) is 6.04. The highest BCUT2D eigenvalue weighted by molar-refractivity contribution is 4.92. The standard InChI is InChI=1S/C13H25N3/c1-5-8-14-11-13(2,3)7-6-12-15-9-10-16(12)4/h9-10,14H,5-8,11H2,1-4H3. The zero-order chi connectivity index (χ0) is 12.0. The number of hydrogen-bond acceptors (Lipinski definition) is 2. The number of nitrogens with zero attached hydrogens (tertiary/aromatic N) is 2. The summed E-state index contributed by atoms with van der Waals surface area (Å²) in [5.41, 5.74) is 0.348. The number of rotatable bonds is 7. The molecule has 1 aromatic heterocycles. The van der Waals surface area contributed by atoms with Gasteiger partial charge in [-0.05, 0) is 24.8 Å². The van der Waals surface area contributed by atoms with Crippen LogP contribution in [0.5, 0.6) is 0 Å². The molecule has 0 saturated heterocycles. The molecule has 0 radical (unpaired) electrons. The van der Waals surface area contributed by atoms with Gasteiger partial charge in [0.1, 0.15) is 5.82 Å². The van der Waals surface area contributed by atoms with E-state index in [1.54, 1.807) is 0 Å². The molecular formula is C13H25N3. The molecule has 0 aliphatic rings. The molecule has 0 unspecified atom stereocenters. The number of aromatic nitrogens is 2. The molecule has 3 heteroatoms. The van der Waals surface area contributed by atoms with Crippen LogP contribution < -0.4 is 5.32 Å². The van der Waals surface area contributed by atoms with Gasteiger partial charge in [-0.15, -0.1) is 0 Å². The van der Waals surface area contributed by atoms with Gasteiger partial charge in [-0.1, -0.05) is 20.8 Å². The maximum absolute atomic E-state index is 4.36. The van der Waals surface area contributed by atoms with Gasteiger partial charge in [0.25, 0.3) is 0 Å². The van der Waals surface area contributed by atoms with Crippen molar-refractivity contribution in [3.05, 3.63) is 18.2 Å². The Hall–Kier alpha value is -0.830. The maximum Gasteiger partial charge on any atom is 0.108 e. The lowest BCUT2D eigenvalue weighted by Gasteiger charge is -2.24. The molecule has 0 fully saturated rings. The van der Waals surface area contributed by atoms with Crippen molar-refractivity contribution in [2.75, 3.05) is 13.1 Å². The van der Waals surface area contributed by atoms with Crippen LogP contribution in [0.1, 0.15) is 39.4 Å². The molecule has 1 aromatic rings. The molecule has 0 aliphatic carbocycles. The summed E-state index contributed by atoms with van der Waals surface area (Å²) in [6, 6.07) is 0. The first kappa shape index (κ1) is 13.2. The topological polar surface area (TPSA) is 29.9 Å². The number of aryl methyl sites for hydroxylation is 2. The first-order valence-corrected chi connectivity index (χ1v) is 6.22. The van der Waals surface area contributed by atoms with Gasteiger partial charge in [0.15, 0.2) is 0 Å².